The summed E-state index contributed by atoms with van der Waals surface area (Å²) in [7, 11) is 1.60. The number of hydrogen-bond acceptors (Lipinski definition) is 5. The SMILES string of the molecule is COc1ccccc1/C=N\Nc1ccnc(=O)[nH]1. The molecule has 0 amide bonds. The zero-order valence-corrected chi connectivity index (χ0v) is 9.75. The van der Waals surface area contributed by atoms with E-state index < -0.39 is 5.69 Å². The molecular weight excluding hydrogens is 232 g/mol. The first-order chi connectivity index (χ1) is 8.79. The van der Waals surface area contributed by atoms with Crippen LogP contribution in [-0.2, 0) is 0 Å². The van der Waals surface area contributed by atoms with Gasteiger partial charge in [0.15, 0.2) is 0 Å². The van der Waals surface area contributed by atoms with Crippen LogP contribution >= 0.6 is 0 Å². The van der Waals surface area contributed by atoms with Gasteiger partial charge < -0.3 is 4.74 Å². The summed E-state index contributed by atoms with van der Waals surface area (Å²) in [5.41, 5.74) is 3.12. The monoisotopic (exact) mass is 244 g/mol. The van der Waals surface area contributed by atoms with Gasteiger partial charge in [-0.25, -0.2) is 9.78 Å². The van der Waals surface area contributed by atoms with Crippen LogP contribution in [0.25, 0.3) is 0 Å². The summed E-state index contributed by atoms with van der Waals surface area (Å²) in [6.07, 6.45) is 3.01. The van der Waals surface area contributed by atoms with Crippen LogP contribution in [0.2, 0.25) is 0 Å². The molecule has 0 atom stereocenters. The Balaban J connectivity index is 2.10. The fraction of sp³-hybridized carbons (Fsp3) is 0.0833. The maximum absolute atomic E-state index is 10.9. The minimum Gasteiger partial charge on any atom is -0.496 e. The topological polar surface area (TPSA) is 79.4 Å². The van der Waals surface area contributed by atoms with Crippen LogP contribution in [0, 0.1) is 0 Å². The van der Waals surface area contributed by atoms with Crippen LogP contribution in [0.4, 0.5) is 5.82 Å². The number of methoxy groups -OCH3 is 1. The van der Waals surface area contributed by atoms with Crippen molar-refractivity contribution in [1.82, 2.24) is 9.97 Å². The summed E-state index contributed by atoms with van der Waals surface area (Å²) in [6, 6.07) is 9.10. The van der Waals surface area contributed by atoms with E-state index in [1.165, 1.54) is 6.20 Å². The van der Waals surface area contributed by atoms with Gasteiger partial charge in [0.05, 0.1) is 13.3 Å². The van der Waals surface area contributed by atoms with Crippen molar-refractivity contribution in [2.24, 2.45) is 5.10 Å². The maximum atomic E-state index is 10.9. The number of H-pyrrole nitrogens is 1. The van der Waals surface area contributed by atoms with E-state index in [1.54, 1.807) is 19.4 Å². The zero-order chi connectivity index (χ0) is 12.8. The summed E-state index contributed by atoms with van der Waals surface area (Å²) in [5, 5.41) is 4.01. The molecule has 0 aliphatic carbocycles. The minimum atomic E-state index is -0.424. The van der Waals surface area contributed by atoms with Crippen molar-refractivity contribution < 1.29 is 4.74 Å². The van der Waals surface area contributed by atoms with Gasteiger partial charge in [-0.05, 0) is 18.2 Å². The van der Waals surface area contributed by atoms with E-state index in [2.05, 4.69) is 20.5 Å². The highest BCUT2D eigenvalue weighted by molar-refractivity contribution is 5.83. The van der Waals surface area contributed by atoms with Gasteiger partial charge in [0.25, 0.3) is 0 Å². The van der Waals surface area contributed by atoms with Gasteiger partial charge >= 0.3 is 5.69 Å². The highest BCUT2D eigenvalue weighted by atomic mass is 16.5. The number of benzene rings is 1. The molecule has 2 N–H and O–H groups in total. The smallest absolute Gasteiger partial charge is 0.346 e. The molecule has 2 rings (SSSR count). The number of aromatic amines is 1. The Morgan fingerprint density at radius 1 is 1.39 bits per heavy atom. The maximum Gasteiger partial charge on any atom is 0.346 e. The van der Waals surface area contributed by atoms with Crippen LogP contribution in [0.1, 0.15) is 5.56 Å². The standard InChI is InChI=1S/C12H12N4O2/c1-18-10-5-3-2-4-9(10)8-14-16-11-6-7-13-12(17)15-11/h2-8H,1H3,(H2,13,15,16,17)/b14-8-. The quantitative estimate of drug-likeness (QED) is 0.626. The van der Waals surface area contributed by atoms with Crippen molar-refractivity contribution in [2.75, 3.05) is 12.5 Å². The van der Waals surface area contributed by atoms with E-state index in [4.69, 9.17) is 4.74 Å². The molecule has 2 aromatic rings. The molecule has 0 radical (unpaired) electrons. The molecule has 1 aromatic heterocycles. The summed E-state index contributed by atoms with van der Waals surface area (Å²) in [5.74, 6) is 1.20. The molecule has 1 heterocycles. The molecule has 18 heavy (non-hydrogen) atoms. The van der Waals surface area contributed by atoms with Crippen LogP contribution in [0.15, 0.2) is 46.4 Å². The molecule has 0 fully saturated rings. The lowest BCUT2D eigenvalue weighted by Crippen LogP contribution is -2.10. The number of hydrazone groups is 1. The molecule has 6 nitrogen and oxygen atoms in total. The van der Waals surface area contributed by atoms with Crippen molar-refractivity contribution in [3.05, 3.63) is 52.6 Å². The van der Waals surface area contributed by atoms with Crippen LogP contribution < -0.4 is 15.9 Å². The second-order valence-corrected chi connectivity index (χ2v) is 3.40. The van der Waals surface area contributed by atoms with Crippen molar-refractivity contribution in [2.45, 2.75) is 0 Å². The van der Waals surface area contributed by atoms with E-state index in [-0.39, 0.29) is 0 Å². The fourth-order valence-corrected chi connectivity index (χ4v) is 1.38. The minimum absolute atomic E-state index is 0.424. The zero-order valence-electron chi connectivity index (χ0n) is 9.75. The lowest BCUT2D eigenvalue weighted by atomic mass is 10.2. The van der Waals surface area contributed by atoms with Crippen LogP contribution in [0.3, 0.4) is 0 Å². The number of hydrogen-bond donors (Lipinski definition) is 2. The van der Waals surface area contributed by atoms with Gasteiger partial charge in [-0.1, -0.05) is 12.1 Å². The normalized spacial score (nSPS) is 10.5. The van der Waals surface area contributed by atoms with Crippen LogP contribution in [0.5, 0.6) is 5.75 Å². The molecule has 6 heteroatoms. The van der Waals surface area contributed by atoms with Crippen molar-refractivity contribution >= 4 is 12.0 Å². The van der Waals surface area contributed by atoms with Gasteiger partial charge in [0.1, 0.15) is 11.6 Å². The third-order valence-electron chi connectivity index (χ3n) is 2.20. The van der Waals surface area contributed by atoms with Gasteiger partial charge in [-0.3, -0.25) is 10.4 Å². The van der Waals surface area contributed by atoms with Crippen molar-refractivity contribution in [1.29, 1.82) is 0 Å². The van der Waals surface area contributed by atoms with Gasteiger partial charge in [-0.2, -0.15) is 5.10 Å². The Morgan fingerprint density at radius 3 is 3.00 bits per heavy atom. The first-order valence-corrected chi connectivity index (χ1v) is 5.27. The summed E-state index contributed by atoms with van der Waals surface area (Å²) in [4.78, 5) is 17.0. The lowest BCUT2D eigenvalue weighted by Gasteiger charge is -2.03. The largest absolute Gasteiger partial charge is 0.496 e. The number of nitrogens with zero attached hydrogens (tertiary/aromatic N) is 2. The first kappa shape index (κ1) is 11.8. The lowest BCUT2D eigenvalue weighted by molar-refractivity contribution is 0.414. The predicted molar refractivity (Wildman–Crippen MR) is 69.1 cm³/mol. The van der Waals surface area contributed by atoms with Gasteiger partial charge in [-0.15, -0.1) is 0 Å². The fourth-order valence-electron chi connectivity index (χ4n) is 1.38. The van der Waals surface area contributed by atoms with Gasteiger partial charge in [0, 0.05) is 11.8 Å². The number of rotatable bonds is 4. The van der Waals surface area contributed by atoms with Crippen molar-refractivity contribution in [3.63, 3.8) is 0 Å². The number of ether oxygens (including phenoxy) is 1. The Bertz CT molecular complexity index is 607. The molecule has 0 saturated carbocycles. The van der Waals surface area contributed by atoms with Gasteiger partial charge in [0.2, 0.25) is 0 Å². The Kier molecular flexibility index (Phi) is 3.70. The van der Waals surface area contributed by atoms with E-state index in [1.807, 2.05) is 24.3 Å². The van der Waals surface area contributed by atoms with E-state index in [9.17, 15) is 4.79 Å². The molecular formula is C12H12N4O2. The predicted octanol–water partition coefficient (Wildman–Crippen LogP) is 1.22. The van der Waals surface area contributed by atoms with E-state index in [0.717, 1.165) is 11.3 Å². The second-order valence-electron chi connectivity index (χ2n) is 3.40. The average Bonchev–Trinajstić information content (AvgIpc) is 2.39. The number of para-hydroxylation sites is 1. The number of aromatic nitrogens is 2. The summed E-state index contributed by atoms with van der Waals surface area (Å²) in [6.45, 7) is 0. The molecule has 0 unspecified atom stereocenters. The summed E-state index contributed by atoms with van der Waals surface area (Å²) >= 11 is 0. The van der Waals surface area contributed by atoms with Crippen molar-refractivity contribution in [3.8, 4) is 5.75 Å². The Morgan fingerprint density at radius 2 is 2.22 bits per heavy atom. The van der Waals surface area contributed by atoms with Crippen LogP contribution in [-0.4, -0.2) is 23.3 Å². The molecule has 0 bridgehead atoms. The molecule has 0 aliphatic rings. The molecule has 0 saturated heterocycles. The third-order valence-corrected chi connectivity index (χ3v) is 2.20. The second kappa shape index (κ2) is 5.62. The molecule has 1 aromatic carbocycles. The third kappa shape index (κ3) is 2.94. The Labute approximate surface area is 103 Å². The highest BCUT2D eigenvalue weighted by Gasteiger charge is 1.97. The van der Waals surface area contributed by atoms with E-state index >= 15 is 0 Å². The number of nitrogens with one attached hydrogen (secondary N) is 2. The van der Waals surface area contributed by atoms with E-state index in [0.29, 0.717) is 5.82 Å². The first-order valence-electron chi connectivity index (χ1n) is 5.27. The molecule has 92 valence electrons. The average molecular weight is 244 g/mol. The molecule has 0 spiro atoms. The highest BCUT2D eigenvalue weighted by Crippen LogP contribution is 2.14. The number of anilines is 1. The summed E-state index contributed by atoms with van der Waals surface area (Å²) < 4.78 is 5.18. The molecule has 0 aliphatic heterocycles. The Hall–Kier alpha value is -2.63.